The summed E-state index contributed by atoms with van der Waals surface area (Å²) in [5.74, 6) is 0. The van der Waals surface area contributed by atoms with Gasteiger partial charge in [0.05, 0.1) is 0 Å². The van der Waals surface area contributed by atoms with Gasteiger partial charge in [0.25, 0.3) is 0 Å². The highest BCUT2D eigenvalue weighted by Crippen LogP contribution is 2.15. The molecule has 0 spiro atoms. The van der Waals surface area contributed by atoms with Crippen molar-refractivity contribution in [3.8, 4) is 0 Å². The maximum Gasteiger partial charge on any atom is 0.0458 e. The molecule has 0 fully saturated rings. The van der Waals surface area contributed by atoms with Crippen LogP contribution in [-0.4, -0.2) is 4.98 Å². The Hall–Kier alpha value is -1.50. The summed E-state index contributed by atoms with van der Waals surface area (Å²) in [5, 5.41) is 1.28. The molecule has 1 N–H and O–H groups in total. The Morgan fingerprint density at radius 3 is 2.93 bits per heavy atom. The molecule has 1 heterocycles. The first kappa shape index (κ1) is 10.0. The standard InChI is InChI=1S/C14H17N/c1-2-3-4-5-9-13-11-12-8-6-7-10-14(12)15-13/h5-11,15H,2-4H2,1H3/b9-5+. The Kier molecular flexibility index (Phi) is 3.23. The third-order valence-corrected chi connectivity index (χ3v) is 2.57. The number of aromatic amines is 1. The minimum atomic E-state index is 1.17. The molecule has 2 rings (SSSR count). The molecule has 0 bridgehead atoms. The van der Waals surface area contributed by atoms with Gasteiger partial charge in [-0.1, -0.05) is 44.0 Å². The molecule has 0 unspecified atom stereocenters. The van der Waals surface area contributed by atoms with Crippen LogP contribution >= 0.6 is 0 Å². The Bertz CT molecular complexity index is 418. The van der Waals surface area contributed by atoms with Gasteiger partial charge < -0.3 is 4.98 Å². The largest absolute Gasteiger partial charge is 0.355 e. The van der Waals surface area contributed by atoms with Gasteiger partial charge in [-0.25, -0.2) is 0 Å². The highest BCUT2D eigenvalue weighted by molar-refractivity contribution is 5.82. The molecule has 0 amide bonds. The lowest BCUT2D eigenvalue weighted by Gasteiger charge is -1.88. The number of para-hydroxylation sites is 1. The van der Waals surface area contributed by atoms with Crippen LogP contribution in [0.25, 0.3) is 17.0 Å². The van der Waals surface area contributed by atoms with Crippen molar-refractivity contribution < 1.29 is 0 Å². The smallest absolute Gasteiger partial charge is 0.0458 e. The zero-order valence-electron chi connectivity index (χ0n) is 9.16. The van der Waals surface area contributed by atoms with Crippen molar-refractivity contribution in [2.24, 2.45) is 0 Å². The van der Waals surface area contributed by atoms with E-state index in [1.807, 2.05) is 0 Å². The molecule has 0 radical (unpaired) electrons. The molecule has 78 valence electrons. The highest BCUT2D eigenvalue weighted by Gasteiger charge is 1.95. The molecule has 2 aromatic rings. The van der Waals surface area contributed by atoms with E-state index in [1.54, 1.807) is 0 Å². The number of benzene rings is 1. The molecule has 1 aromatic heterocycles. The van der Waals surface area contributed by atoms with Gasteiger partial charge in [-0.15, -0.1) is 0 Å². The first-order valence-corrected chi connectivity index (χ1v) is 5.64. The van der Waals surface area contributed by atoms with Gasteiger partial charge in [0.15, 0.2) is 0 Å². The van der Waals surface area contributed by atoms with E-state index in [2.05, 4.69) is 54.4 Å². The number of hydrogen-bond donors (Lipinski definition) is 1. The van der Waals surface area contributed by atoms with E-state index in [1.165, 1.54) is 35.9 Å². The summed E-state index contributed by atoms with van der Waals surface area (Å²) in [6.07, 6.45) is 8.13. The van der Waals surface area contributed by atoms with Crippen LogP contribution in [0.5, 0.6) is 0 Å². The Morgan fingerprint density at radius 2 is 2.13 bits per heavy atom. The van der Waals surface area contributed by atoms with Crippen LogP contribution in [0.2, 0.25) is 0 Å². The monoisotopic (exact) mass is 199 g/mol. The average molecular weight is 199 g/mol. The SMILES string of the molecule is CCCC/C=C/c1cc2ccccc2[nH]1. The fraction of sp³-hybridized carbons (Fsp3) is 0.286. The summed E-state index contributed by atoms with van der Waals surface area (Å²) in [6, 6.07) is 10.6. The Labute approximate surface area is 90.8 Å². The number of hydrogen-bond acceptors (Lipinski definition) is 0. The molecule has 0 aliphatic rings. The zero-order valence-corrected chi connectivity index (χ0v) is 9.16. The number of rotatable bonds is 4. The van der Waals surface area contributed by atoms with Crippen molar-refractivity contribution >= 4 is 17.0 Å². The van der Waals surface area contributed by atoms with Crippen LogP contribution in [0.4, 0.5) is 0 Å². The third kappa shape index (κ3) is 2.50. The summed E-state index contributed by atoms with van der Waals surface area (Å²) in [4.78, 5) is 3.39. The molecule has 0 atom stereocenters. The quantitative estimate of drug-likeness (QED) is 0.704. The lowest BCUT2D eigenvalue weighted by molar-refractivity contribution is 0.816. The number of aromatic nitrogens is 1. The van der Waals surface area contributed by atoms with Crippen LogP contribution in [0.3, 0.4) is 0 Å². The molecule has 0 saturated carbocycles. The van der Waals surface area contributed by atoms with Gasteiger partial charge in [-0.2, -0.15) is 0 Å². The predicted octanol–water partition coefficient (Wildman–Crippen LogP) is 4.37. The number of unbranched alkanes of at least 4 members (excludes halogenated alkanes) is 2. The van der Waals surface area contributed by atoms with Crippen molar-refractivity contribution in [2.45, 2.75) is 26.2 Å². The molecular formula is C14H17N. The van der Waals surface area contributed by atoms with Crippen LogP contribution in [-0.2, 0) is 0 Å². The van der Waals surface area contributed by atoms with Crippen LogP contribution in [0.1, 0.15) is 31.9 Å². The van der Waals surface area contributed by atoms with Gasteiger partial charge in [-0.05, 0) is 30.0 Å². The molecule has 1 heteroatoms. The van der Waals surface area contributed by atoms with Gasteiger partial charge in [0, 0.05) is 11.2 Å². The summed E-state index contributed by atoms with van der Waals surface area (Å²) in [6.45, 7) is 2.22. The molecule has 0 aliphatic carbocycles. The maximum absolute atomic E-state index is 3.39. The predicted molar refractivity (Wildman–Crippen MR) is 66.9 cm³/mol. The number of allylic oxidation sites excluding steroid dienone is 1. The second-order valence-electron chi connectivity index (χ2n) is 3.86. The minimum absolute atomic E-state index is 1.17. The number of fused-ring (bicyclic) bond motifs is 1. The topological polar surface area (TPSA) is 15.8 Å². The third-order valence-electron chi connectivity index (χ3n) is 2.57. The van der Waals surface area contributed by atoms with E-state index in [4.69, 9.17) is 0 Å². The van der Waals surface area contributed by atoms with Gasteiger partial charge in [0.1, 0.15) is 0 Å². The first-order chi connectivity index (χ1) is 7.40. The summed E-state index contributed by atoms with van der Waals surface area (Å²) in [5.41, 5.74) is 2.42. The van der Waals surface area contributed by atoms with E-state index >= 15 is 0 Å². The lowest BCUT2D eigenvalue weighted by atomic mass is 10.2. The molecule has 0 aliphatic heterocycles. The van der Waals surface area contributed by atoms with Crippen molar-refractivity contribution in [1.29, 1.82) is 0 Å². The first-order valence-electron chi connectivity index (χ1n) is 5.64. The minimum Gasteiger partial charge on any atom is -0.355 e. The van der Waals surface area contributed by atoms with Crippen molar-refractivity contribution in [3.05, 3.63) is 42.1 Å². The van der Waals surface area contributed by atoms with E-state index in [0.717, 1.165) is 0 Å². The molecular weight excluding hydrogens is 182 g/mol. The number of nitrogens with one attached hydrogen (secondary N) is 1. The van der Waals surface area contributed by atoms with E-state index < -0.39 is 0 Å². The van der Waals surface area contributed by atoms with Crippen molar-refractivity contribution in [1.82, 2.24) is 4.98 Å². The molecule has 15 heavy (non-hydrogen) atoms. The summed E-state index contributed by atoms with van der Waals surface area (Å²) in [7, 11) is 0. The van der Waals surface area contributed by atoms with Gasteiger partial charge in [0.2, 0.25) is 0 Å². The molecule has 1 nitrogen and oxygen atoms in total. The second kappa shape index (κ2) is 4.83. The van der Waals surface area contributed by atoms with Crippen molar-refractivity contribution in [2.75, 3.05) is 0 Å². The van der Waals surface area contributed by atoms with Crippen LogP contribution < -0.4 is 0 Å². The van der Waals surface area contributed by atoms with Crippen LogP contribution in [0.15, 0.2) is 36.4 Å². The van der Waals surface area contributed by atoms with E-state index in [9.17, 15) is 0 Å². The normalized spacial score (nSPS) is 11.5. The fourth-order valence-electron chi connectivity index (χ4n) is 1.72. The Morgan fingerprint density at radius 1 is 1.27 bits per heavy atom. The Balaban J connectivity index is 2.12. The summed E-state index contributed by atoms with van der Waals surface area (Å²) >= 11 is 0. The van der Waals surface area contributed by atoms with Crippen LogP contribution in [0, 0.1) is 0 Å². The molecule has 0 saturated heterocycles. The van der Waals surface area contributed by atoms with Crippen molar-refractivity contribution in [3.63, 3.8) is 0 Å². The fourth-order valence-corrected chi connectivity index (χ4v) is 1.72. The zero-order chi connectivity index (χ0) is 10.5. The molecule has 1 aromatic carbocycles. The van der Waals surface area contributed by atoms with E-state index in [-0.39, 0.29) is 0 Å². The van der Waals surface area contributed by atoms with E-state index in [0.29, 0.717) is 0 Å². The highest BCUT2D eigenvalue weighted by atomic mass is 14.7. The number of H-pyrrole nitrogens is 1. The second-order valence-corrected chi connectivity index (χ2v) is 3.86. The lowest BCUT2D eigenvalue weighted by Crippen LogP contribution is -1.70. The maximum atomic E-state index is 3.39. The summed E-state index contributed by atoms with van der Waals surface area (Å²) < 4.78 is 0. The average Bonchev–Trinajstić information content (AvgIpc) is 2.67. The van der Waals surface area contributed by atoms with Gasteiger partial charge in [-0.3, -0.25) is 0 Å². The van der Waals surface area contributed by atoms with Gasteiger partial charge >= 0.3 is 0 Å².